The summed E-state index contributed by atoms with van der Waals surface area (Å²) >= 11 is 0. The summed E-state index contributed by atoms with van der Waals surface area (Å²) in [6, 6.07) is 14.9. The molecule has 2 bridgehead atoms. The largest absolute Gasteiger partial charge is 0.456 e. The summed E-state index contributed by atoms with van der Waals surface area (Å²) in [6.07, 6.45) is -10.3. The van der Waals surface area contributed by atoms with Gasteiger partial charge in [-0.3, -0.25) is 19.2 Å². The quantitative estimate of drug-likeness (QED) is 0.0817. The topological polar surface area (TPSA) is 248 Å². The predicted molar refractivity (Wildman–Crippen MR) is 241 cm³/mol. The van der Waals surface area contributed by atoms with Crippen LogP contribution in [-0.4, -0.2) is 124 Å². The molecule has 17 heteroatoms. The number of rotatable bonds is 15. The number of aliphatic hydroxyl groups excluding tert-OH is 2. The lowest BCUT2D eigenvalue weighted by atomic mass is 9.42. The highest BCUT2D eigenvalue weighted by molar-refractivity contribution is 5.98. The molecule has 0 spiro atoms. The van der Waals surface area contributed by atoms with Gasteiger partial charge in [0.1, 0.15) is 31.0 Å². The van der Waals surface area contributed by atoms with Gasteiger partial charge in [-0.2, -0.15) is 0 Å². The van der Waals surface area contributed by atoms with Crippen molar-refractivity contribution in [1.29, 1.82) is 0 Å². The van der Waals surface area contributed by atoms with Gasteiger partial charge in [-0.1, -0.05) is 88.4 Å². The van der Waals surface area contributed by atoms with Crippen LogP contribution >= 0.6 is 0 Å². The van der Waals surface area contributed by atoms with Crippen LogP contribution in [0, 0.1) is 28.6 Å². The van der Waals surface area contributed by atoms with Crippen molar-refractivity contribution >= 4 is 41.4 Å². The van der Waals surface area contributed by atoms with E-state index in [-0.39, 0.29) is 35.5 Å². The Kier molecular flexibility index (Phi) is 15.0. The summed E-state index contributed by atoms with van der Waals surface area (Å²) in [5, 5.41) is 40.6. The molecule has 11 atom stereocenters. The zero-order valence-electron chi connectivity index (χ0n) is 40.4. The van der Waals surface area contributed by atoms with Crippen LogP contribution < -0.4 is 5.32 Å². The van der Waals surface area contributed by atoms with Crippen LogP contribution in [0.25, 0.3) is 0 Å². The lowest BCUT2D eigenvalue weighted by molar-refractivity contribution is -0.339. The fraction of sp³-hybridized carbons (Fsp3) is 0.588. The number of Topliss-reactive ketones (excluding diaryl/α,β-unsaturated/α-hetero) is 3. The summed E-state index contributed by atoms with van der Waals surface area (Å²) in [7, 11) is 0. The maximum Gasteiger partial charge on any atom is 0.408 e. The summed E-state index contributed by atoms with van der Waals surface area (Å²) in [4.78, 5) is 97.5. The van der Waals surface area contributed by atoms with E-state index in [4.69, 9.17) is 28.4 Å². The Hall–Kier alpha value is -5.33. The number of esters is 3. The highest BCUT2D eigenvalue weighted by Crippen LogP contribution is 2.66. The molecule has 0 unspecified atom stereocenters. The van der Waals surface area contributed by atoms with E-state index in [9.17, 15) is 44.1 Å². The number of carbonyl (C=O) groups is 7. The lowest BCUT2D eigenvalue weighted by Crippen LogP contribution is -2.80. The SMILES string of the molecule is CC(=O)O[C@@]12CO[C@@H]1C[C@H](O)[C@@]1(C)C(=O)[C@H](OC(=O)COCC(=O)C(C)C)C3=C(C)[C@@H](OC(=O)[C@H](O)[C@@H](NC(=O)OC(C)(C)C)c4ccccc4)C[C@@](O)([C@@H](CC(=O)c4ccccc4)[C@H]21)C3(C)C. The molecule has 68 heavy (non-hydrogen) atoms. The monoisotopic (exact) mass is 947 g/mol. The second-order valence-electron chi connectivity index (χ2n) is 20.6. The van der Waals surface area contributed by atoms with Crippen molar-refractivity contribution in [3.05, 3.63) is 82.9 Å². The molecule has 1 saturated heterocycles. The standard InChI is InChI=1S/C51H65NO16/c1-27(2)34(55)24-63-25-38(57)66-42-39-28(3)35(65-45(60)41(58)40(31-19-15-12-16-20-31)52-46(61)68-47(5,6)7)23-51(62,48(39,8)9)32(21-33(54)30-17-13-11-14-18-30)43-49(10,44(42)59)36(56)22-37-50(43,26-64-37)67-29(4)53/h11-20,27,32,35-37,40-43,56,58,62H,21-26H2,1-10H3,(H,52,61)/t32-,35-,36-,37+,40-,41+,42+,43-,49+,50-,51+/m0/s1. The Labute approximate surface area is 396 Å². The number of amides is 1. The number of hydrogen-bond donors (Lipinski definition) is 4. The van der Waals surface area contributed by atoms with Crippen LogP contribution in [0.3, 0.4) is 0 Å². The van der Waals surface area contributed by atoms with E-state index in [2.05, 4.69) is 5.32 Å². The first-order chi connectivity index (χ1) is 31.7. The van der Waals surface area contributed by atoms with E-state index in [1.165, 1.54) is 20.8 Å². The smallest absolute Gasteiger partial charge is 0.408 e. The fourth-order valence-corrected chi connectivity index (χ4v) is 10.8. The third kappa shape index (κ3) is 9.77. The highest BCUT2D eigenvalue weighted by Gasteiger charge is 2.77. The van der Waals surface area contributed by atoms with E-state index >= 15 is 4.79 Å². The Morgan fingerprint density at radius 2 is 1.54 bits per heavy atom. The van der Waals surface area contributed by atoms with E-state index in [0.29, 0.717) is 5.56 Å². The van der Waals surface area contributed by atoms with Gasteiger partial charge in [0.05, 0.1) is 29.8 Å². The summed E-state index contributed by atoms with van der Waals surface area (Å²) in [5.41, 5.74) is -7.96. The van der Waals surface area contributed by atoms with Gasteiger partial charge in [-0.25, -0.2) is 14.4 Å². The van der Waals surface area contributed by atoms with Gasteiger partial charge >= 0.3 is 24.0 Å². The Morgan fingerprint density at radius 1 is 0.926 bits per heavy atom. The van der Waals surface area contributed by atoms with Crippen LogP contribution in [0.2, 0.25) is 0 Å². The van der Waals surface area contributed by atoms with Gasteiger partial charge in [-0.05, 0) is 51.3 Å². The molecule has 17 nitrogen and oxygen atoms in total. The number of carbonyl (C=O) groups excluding carboxylic acids is 7. The molecular weight excluding hydrogens is 883 g/mol. The fourth-order valence-electron chi connectivity index (χ4n) is 10.8. The zero-order valence-corrected chi connectivity index (χ0v) is 40.4. The molecule has 1 amide bonds. The number of fused-ring (bicyclic) bond motifs is 5. The minimum atomic E-state index is -2.27. The van der Waals surface area contributed by atoms with E-state index < -0.39 is 144 Å². The second-order valence-corrected chi connectivity index (χ2v) is 20.6. The van der Waals surface area contributed by atoms with Crippen molar-refractivity contribution in [2.45, 2.75) is 142 Å². The van der Waals surface area contributed by atoms with Crippen LogP contribution in [0.15, 0.2) is 71.8 Å². The number of ether oxygens (including phenoxy) is 6. The van der Waals surface area contributed by atoms with Gasteiger partial charge < -0.3 is 49.1 Å². The van der Waals surface area contributed by atoms with Crippen LogP contribution in [-0.2, 0) is 52.4 Å². The van der Waals surface area contributed by atoms with Crippen molar-refractivity contribution in [2.75, 3.05) is 19.8 Å². The van der Waals surface area contributed by atoms with Crippen molar-refractivity contribution < 1.29 is 77.3 Å². The molecule has 4 aliphatic rings. The summed E-state index contributed by atoms with van der Waals surface area (Å²) in [6.45, 7) is 14.0. The molecule has 1 aliphatic heterocycles. The maximum absolute atomic E-state index is 15.9. The number of nitrogens with one attached hydrogen (secondary N) is 1. The van der Waals surface area contributed by atoms with Crippen LogP contribution in [0.5, 0.6) is 0 Å². The Morgan fingerprint density at radius 3 is 2.10 bits per heavy atom. The first-order valence-corrected chi connectivity index (χ1v) is 23.0. The number of ketones is 3. The van der Waals surface area contributed by atoms with Crippen LogP contribution in [0.4, 0.5) is 4.79 Å². The Balaban J connectivity index is 1.54. The molecule has 4 N–H and O–H groups in total. The normalized spacial score (nSPS) is 30.5. The third-order valence-corrected chi connectivity index (χ3v) is 14.4. The first kappa shape index (κ1) is 52.0. The van der Waals surface area contributed by atoms with E-state index in [1.54, 1.807) is 109 Å². The molecule has 2 aromatic rings. The molecule has 2 saturated carbocycles. The summed E-state index contributed by atoms with van der Waals surface area (Å²) in [5.74, 6) is -8.00. The molecular formula is C51H65NO16. The lowest BCUT2D eigenvalue weighted by Gasteiger charge is -2.68. The van der Waals surface area contributed by atoms with Gasteiger partial charge in [0.15, 0.2) is 35.2 Å². The van der Waals surface area contributed by atoms with Gasteiger partial charge in [0.25, 0.3) is 0 Å². The van der Waals surface area contributed by atoms with Crippen molar-refractivity contribution in [1.82, 2.24) is 5.32 Å². The molecule has 370 valence electrons. The molecule has 2 aromatic carbocycles. The number of hydrogen-bond acceptors (Lipinski definition) is 16. The first-order valence-electron chi connectivity index (χ1n) is 23.0. The minimum Gasteiger partial charge on any atom is -0.456 e. The van der Waals surface area contributed by atoms with Gasteiger partial charge in [0.2, 0.25) is 0 Å². The number of alkyl carbamates (subject to hydrolysis) is 1. The zero-order chi connectivity index (χ0) is 50.3. The molecule has 0 aromatic heterocycles. The molecule has 3 fully saturated rings. The minimum absolute atomic E-state index is 0.0285. The molecule has 0 radical (unpaired) electrons. The van der Waals surface area contributed by atoms with Crippen LogP contribution in [0.1, 0.15) is 110 Å². The average Bonchev–Trinajstić information content (AvgIpc) is 3.26. The van der Waals surface area contributed by atoms with Crippen molar-refractivity contribution in [3.63, 3.8) is 0 Å². The highest BCUT2D eigenvalue weighted by atomic mass is 16.6. The van der Waals surface area contributed by atoms with E-state index in [1.807, 2.05) is 0 Å². The van der Waals surface area contributed by atoms with Gasteiger partial charge in [0, 0.05) is 54.9 Å². The number of aliphatic hydroxyl groups is 3. The Bertz CT molecular complexity index is 2300. The summed E-state index contributed by atoms with van der Waals surface area (Å²) < 4.78 is 35.2. The second kappa shape index (κ2) is 19.6. The van der Waals surface area contributed by atoms with Crippen molar-refractivity contribution in [3.8, 4) is 0 Å². The van der Waals surface area contributed by atoms with Gasteiger partial charge in [-0.15, -0.1) is 0 Å². The predicted octanol–water partition coefficient (Wildman–Crippen LogP) is 4.72. The third-order valence-electron chi connectivity index (χ3n) is 14.4. The molecule has 1 heterocycles. The molecule has 6 rings (SSSR count). The molecule has 3 aliphatic carbocycles. The average molecular weight is 948 g/mol. The van der Waals surface area contributed by atoms with Crippen molar-refractivity contribution in [2.24, 2.45) is 28.6 Å². The number of benzene rings is 2. The van der Waals surface area contributed by atoms with E-state index in [0.717, 1.165) is 0 Å². The maximum atomic E-state index is 15.9.